The van der Waals surface area contributed by atoms with Crippen LogP contribution in [0.2, 0.25) is 0 Å². The molecule has 0 aliphatic carbocycles. The monoisotopic (exact) mass is 321 g/mol. The van der Waals surface area contributed by atoms with Crippen molar-refractivity contribution in [3.8, 4) is 5.75 Å². The zero-order valence-corrected chi connectivity index (χ0v) is 11.6. The van der Waals surface area contributed by atoms with Gasteiger partial charge in [0.15, 0.2) is 0 Å². The second-order valence-corrected chi connectivity index (χ2v) is 4.06. The second kappa shape index (κ2) is 8.11. The first-order chi connectivity index (χ1) is 10.3. The molecule has 1 rings (SSSR count). The fraction of sp³-hybridized carbons (Fsp3) is 0.385. The molecule has 0 atom stereocenters. The number of carbonyl (C=O) groups is 2. The van der Waals surface area contributed by atoms with Crippen LogP contribution in [-0.2, 0) is 9.57 Å². The first-order valence-corrected chi connectivity index (χ1v) is 6.31. The standard InChI is InChI=1S/C13H14F3NO5/c1-2-3-7-20-12(19)17-22-11(18)9-5-4-6-10(8-9)21-13(14,15)16/h4-6,8H,2-3,7H2,1H3,(H,17,19). The van der Waals surface area contributed by atoms with E-state index in [1.54, 1.807) is 5.48 Å². The molecule has 122 valence electrons. The van der Waals surface area contributed by atoms with Crippen LogP contribution in [0.1, 0.15) is 30.1 Å². The molecule has 0 radical (unpaired) electrons. The summed E-state index contributed by atoms with van der Waals surface area (Å²) in [6.07, 6.45) is -4.37. The van der Waals surface area contributed by atoms with Crippen LogP contribution in [0.5, 0.6) is 5.75 Å². The number of amides is 1. The van der Waals surface area contributed by atoms with Crippen LogP contribution in [0, 0.1) is 0 Å². The number of hydrogen-bond donors (Lipinski definition) is 1. The number of benzene rings is 1. The lowest BCUT2D eigenvalue weighted by molar-refractivity contribution is -0.274. The topological polar surface area (TPSA) is 73.9 Å². The van der Waals surface area contributed by atoms with E-state index in [1.807, 2.05) is 6.92 Å². The molecule has 0 heterocycles. The Hall–Kier alpha value is -2.45. The zero-order valence-electron chi connectivity index (χ0n) is 11.6. The fourth-order valence-corrected chi connectivity index (χ4v) is 1.31. The fourth-order valence-electron chi connectivity index (χ4n) is 1.31. The van der Waals surface area contributed by atoms with E-state index in [4.69, 9.17) is 0 Å². The van der Waals surface area contributed by atoms with Crippen LogP contribution < -0.4 is 10.2 Å². The van der Waals surface area contributed by atoms with E-state index < -0.39 is 24.2 Å². The highest BCUT2D eigenvalue weighted by atomic mass is 19.4. The number of carbonyl (C=O) groups excluding carboxylic acids is 2. The van der Waals surface area contributed by atoms with Gasteiger partial charge >= 0.3 is 18.4 Å². The molecule has 6 nitrogen and oxygen atoms in total. The van der Waals surface area contributed by atoms with E-state index in [2.05, 4.69) is 14.3 Å². The van der Waals surface area contributed by atoms with Gasteiger partial charge in [-0.2, -0.15) is 0 Å². The average Bonchev–Trinajstić information content (AvgIpc) is 2.43. The predicted octanol–water partition coefficient (Wildman–Crippen LogP) is 3.18. The molecule has 9 heteroatoms. The van der Waals surface area contributed by atoms with E-state index in [0.29, 0.717) is 6.42 Å². The van der Waals surface area contributed by atoms with Crippen LogP contribution in [0.3, 0.4) is 0 Å². The van der Waals surface area contributed by atoms with Crippen molar-refractivity contribution in [1.82, 2.24) is 5.48 Å². The van der Waals surface area contributed by atoms with E-state index in [0.717, 1.165) is 18.6 Å². The molecular formula is C13H14F3NO5. The molecule has 1 aromatic rings. The SMILES string of the molecule is CCCCOC(=O)NOC(=O)c1cccc(OC(F)(F)F)c1. The summed E-state index contributed by atoms with van der Waals surface area (Å²) in [5.74, 6) is -1.63. The number of hydrogen-bond acceptors (Lipinski definition) is 5. The Balaban J connectivity index is 2.52. The normalized spacial score (nSPS) is 10.7. The zero-order chi connectivity index (χ0) is 16.6. The molecule has 0 saturated heterocycles. The molecule has 22 heavy (non-hydrogen) atoms. The van der Waals surface area contributed by atoms with Crippen molar-refractivity contribution in [3.05, 3.63) is 29.8 Å². The van der Waals surface area contributed by atoms with Crippen LogP contribution in [0.15, 0.2) is 24.3 Å². The molecule has 0 unspecified atom stereocenters. The maximum atomic E-state index is 12.1. The maximum Gasteiger partial charge on any atom is 0.573 e. The highest BCUT2D eigenvalue weighted by molar-refractivity contribution is 5.90. The number of unbranched alkanes of at least 4 members (excludes halogenated alkanes) is 1. The molecule has 0 aliphatic rings. The summed E-state index contributed by atoms with van der Waals surface area (Å²) in [4.78, 5) is 27.1. The van der Waals surface area contributed by atoms with Crippen LogP contribution >= 0.6 is 0 Å². The summed E-state index contributed by atoms with van der Waals surface area (Å²) in [6.45, 7) is 2.06. The van der Waals surface area contributed by atoms with Crippen molar-refractivity contribution in [2.45, 2.75) is 26.1 Å². The minimum atomic E-state index is -4.87. The van der Waals surface area contributed by atoms with E-state index >= 15 is 0 Å². The lowest BCUT2D eigenvalue weighted by atomic mass is 10.2. The van der Waals surface area contributed by atoms with Crippen LogP contribution in [0.25, 0.3) is 0 Å². The quantitative estimate of drug-likeness (QED) is 0.666. The number of nitrogens with one attached hydrogen (secondary N) is 1. The summed E-state index contributed by atoms with van der Waals surface area (Å²) in [7, 11) is 0. The van der Waals surface area contributed by atoms with Gasteiger partial charge in [-0.3, -0.25) is 0 Å². The van der Waals surface area contributed by atoms with Crippen molar-refractivity contribution >= 4 is 12.1 Å². The first kappa shape index (κ1) is 17.6. The van der Waals surface area contributed by atoms with Crippen molar-refractivity contribution in [2.24, 2.45) is 0 Å². The lowest BCUT2D eigenvalue weighted by Crippen LogP contribution is -2.28. The summed E-state index contributed by atoms with van der Waals surface area (Å²) in [5, 5.41) is 0. The minimum absolute atomic E-state index is 0.161. The number of hydroxylamine groups is 1. The molecule has 0 aromatic heterocycles. The van der Waals surface area contributed by atoms with Gasteiger partial charge in [-0.1, -0.05) is 19.4 Å². The Morgan fingerprint density at radius 3 is 2.64 bits per heavy atom. The van der Waals surface area contributed by atoms with Gasteiger partial charge in [-0.25, -0.2) is 9.59 Å². The third-order valence-corrected chi connectivity index (χ3v) is 2.26. The molecule has 0 saturated carbocycles. The van der Waals surface area contributed by atoms with Gasteiger partial charge in [-0.15, -0.1) is 18.7 Å². The number of alkyl halides is 3. The van der Waals surface area contributed by atoms with Gasteiger partial charge < -0.3 is 14.3 Å². The molecule has 1 N–H and O–H groups in total. The largest absolute Gasteiger partial charge is 0.573 e. The third-order valence-electron chi connectivity index (χ3n) is 2.26. The number of rotatable bonds is 5. The Labute approximate surface area is 124 Å². The van der Waals surface area contributed by atoms with Crippen molar-refractivity contribution < 1.29 is 37.1 Å². The minimum Gasteiger partial charge on any atom is -0.447 e. The smallest absolute Gasteiger partial charge is 0.447 e. The summed E-state index contributed by atoms with van der Waals surface area (Å²) in [5.41, 5.74) is 1.51. The van der Waals surface area contributed by atoms with Crippen molar-refractivity contribution in [1.29, 1.82) is 0 Å². The maximum absolute atomic E-state index is 12.1. The van der Waals surface area contributed by atoms with Gasteiger partial charge in [0.1, 0.15) is 5.75 Å². The lowest BCUT2D eigenvalue weighted by Gasteiger charge is -2.10. The van der Waals surface area contributed by atoms with Gasteiger partial charge in [-0.05, 0) is 24.6 Å². The highest BCUT2D eigenvalue weighted by Crippen LogP contribution is 2.23. The molecule has 1 aromatic carbocycles. The Morgan fingerprint density at radius 1 is 1.27 bits per heavy atom. The second-order valence-electron chi connectivity index (χ2n) is 4.06. The average molecular weight is 321 g/mol. The van der Waals surface area contributed by atoms with E-state index in [-0.39, 0.29) is 12.2 Å². The molecule has 0 spiro atoms. The molecule has 0 aliphatic heterocycles. The Morgan fingerprint density at radius 2 is 2.00 bits per heavy atom. The highest BCUT2D eigenvalue weighted by Gasteiger charge is 2.31. The van der Waals surface area contributed by atoms with E-state index in [9.17, 15) is 22.8 Å². The predicted molar refractivity (Wildman–Crippen MR) is 67.9 cm³/mol. The number of halogens is 3. The summed E-state index contributed by atoms with van der Waals surface area (Å²) < 4.78 is 44.5. The summed E-state index contributed by atoms with van der Waals surface area (Å²) >= 11 is 0. The van der Waals surface area contributed by atoms with Crippen LogP contribution in [0.4, 0.5) is 18.0 Å². The number of ether oxygens (including phenoxy) is 2. The third kappa shape index (κ3) is 6.82. The molecular weight excluding hydrogens is 307 g/mol. The molecule has 0 bridgehead atoms. The van der Waals surface area contributed by atoms with Gasteiger partial charge in [0.05, 0.1) is 12.2 Å². The van der Waals surface area contributed by atoms with Crippen molar-refractivity contribution in [2.75, 3.05) is 6.61 Å². The molecule has 1 amide bonds. The van der Waals surface area contributed by atoms with E-state index in [1.165, 1.54) is 12.1 Å². The first-order valence-electron chi connectivity index (χ1n) is 6.31. The summed E-state index contributed by atoms with van der Waals surface area (Å²) in [6, 6.07) is 4.24. The Kier molecular flexibility index (Phi) is 6.48. The van der Waals surface area contributed by atoms with Gasteiger partial charge in [0.2, 0.25) is 0 Å². The van der Waals surface area contributed by atoms with Gasteiger partial charge in [0.25, 0.3) is 0 Å². The van der Waals surface area contributed by atoms with Crippen molar-refractivity contribution in [3.63, 3.8) is 0 Å². The van der Waals surface area contributed by atoms with Gasteiger partial charge in [0, 0.05) is 0 Å². The molecule has 0 fully saturated rings. The van der Waals surface area contributed by atoms with Crippen LogP contribution in [-0.4, -0.2) is 25.0 Å². The Bertz CT molecular complexity index is 519.